The van der Waals surface area contributed by atoms with Gasteiger partial charge in [-0.2, -0.15) is 0 Å². The molecule has 0 aromatic heterocycles. The van der Waals surface area contributed by atoms with E-state index in [0.29, 0.717) is 28.7 Å². The van der Waals surface area contributed by atoms with Crippen molar-refractivity contribution < 1.29 is 20.1 Å². The average Bonchev–Trinajstić information content (AvgIpc) is 3.04. The van der Waals surface area contributed by atoms with Crippen LogP contribution in [-0.4, -0.2) is 38.9 Å². The van der Waals surface area contributed by atoms with Crippen LogP contribution in [0.15, 0.2) is 35.5 Å². The molecule has 0 saturated heterocycles. The molecule has 0 aliphatic heterocycles. The van der Waals surface area contributed by atoms with Crippen molar-refractivity contribution in [1.29, 1.82) is 0 Å². The number of Topliss-reactive ketones (excluding diaryl/α,β-unsaturated/α-hetero) is 1. The summed E-state index contributed by atoms with van der Waals surface area (Å²) in [6.07, 6.45) is 11.2. The predicted molar refractivity (Wildman–Crippen MR) is 124 cm³/mol. The van der Waals surface area contributed by atoms with Gasteiger partial charge in [-0.1, -0.05) is 51.0 Å². The number of aliphatic hydroxyl groups excluding tert-OH is 2. The molecule has 3 N–H and O–H groups in total. The van der Waals surface area contributed by atoms with Crippen molar-refractivity contribution in [2.45, 2.75) is 103 Å². The summed E-state index contributed by atoms with van der Waals surface area (Å²) >= 11 is 0. The molecule has 3 aliphatic rings. The van der Waals surface area contributed by atoms with Crippen molar-refractivity contribution in [3.63, 3.8) is 0 Å². The summed E-state index contributed by atoms with van der Waals surface area (Å²) in [6.45, 7) is 12.5. The predicted octanol–water partition coefficient (Wildman–Crippen LogP) is 4.88. The Morgan fingerprint density at radius 2 is 1.97 bits per heavy atom. The first-order valence-corrected chi connectivity index (χ1v) is 12.2. The number of ketones is 1. The molecular formula is C27H42O4. The molecule has 4 nitrogen and oxygen atoms in total. The number of carbonyl (C=O) groups is 1. The van der Waals surface area contributed by atoms with E-state index in [0.717, 1.165) is 24.8 Å². The highest BCUT2D eigenvalue weighted by atomic mass is 16.3. The van der Waals surface area contributed by atoms with Crippen LogP contribution in [0.1, 0.15) is 85.5 Å². The third kappa shape index (κ3) is 5.23. The highest BCUT2D eigenvalue weighted by molar-refractivity contribution is 6.03. The number of aliphatic hydroxyl groups is 3. The number of hydrogen-bond acceptors (Lipinski definition) is 4. The van der Waals surface area contributed by atoms with E-state index >= 15 is 0 Å². The molecule has 31 heavy (non-hydrogen) atoms. The Morgan fingerprint density at radius 1 is 1.26 bits per heavy atom. The highest BCUT2D eigenvalue weighted by Crippen LogP contribution is 2.60. The number of hydrogen-bond donors (Lipinski definition) is 3. The van der Waals surface area contributed by atoms with E-state index in [2.05, 4.69) is 26.5 Å². The van der Waals surface area contributed by atoms with E-state index in [1.807, 2.05) is 19.9 Å². The van der Waals surface area contributed by atoms with Gasteiger partial charge in [0.25, 0.3) is 0 Å². The summed E-state index contributed by atoms with van der Waals surface area (Å²) in [5.74, 6) is 1.47. The maximum atomic E-state index is 12.1. The first-order valence-electron chi connectivity index (χ1n) is 12.2. The van der Waals surface area contributed by atoms with Crippen LogP contribution in [0.3, 0.4) is 0 Å². The highest BCUT2D eigenvalue weighted by Gasteiger charge is 2.50. The van der Waals surface area contributed by atoms with Crippen LogP contribution in [0, 0.1) is 23.2 Å². The van der Waals surface area contributed by atoms with E-state index in [-0.39, 0.29) is 6.42 Å². The lowest BCUT2D eigenvalue weighted by Crippen LogP contribution is -2.39. The molecule has 2 unspecified atom stereocenters. The second kappa shape index (κ2) is 9.33. The average molecular weight is 431 g/mol. The number of allylic oxidation sites excluding steroid dienone is 3. The fourth-order valence-corrected chi connectivity index (χ4v) is 6.62. The molecule has 0 aromatic carbocycles. The molecule has 0 bridgehead atoms. The second-order valence-electron chi connectivity index (χ2n) is 11.3. The van der Waals surface area contributed by atoms with Gasteiger partial charge in [-0.25, -0.2) is 0 Å². The molecule has 3 aliphatic carbocycles. The fourth-order valence-electron chi connectivity index (χ4n) is 6.62. The molecule has 0 amide bonds. The van der Waals surface area contributed by atoms with Crippen LogP contribution < -0.4 is 0 Å². The van der Waals surface area contributed by atoms with Gasteiger partial charge in [0, 0.05) is 12.0 Å². The standard InChI is InChI=1S/C27H42O4/c1-17(8-6-14-26(3,4)31)21-12-13-22-19(9-7-15-27(21,22)5)10-11-20-16-23(28)25(30)24(29)18(20)2/h10-11,17,21-23,25,28,30-31H,2,6-9,12-16H2,1,3-5H3/t17-,21-,22?,23-,25?,27-/m1/s1. The summed E-state index contributed by atoms with van der Waals surface area (Å²) < 4.78 is 0. The van der Waals surface area contributed by atoms with Crippen LogP contribution in [0.2, 0.25) is 0 Å². The maximum Gasteiger partial charge on any atom is 0.193 e. The molecular weight excluding hydrogens is 388 g/mol. The Kier molecular flexibility index (Phi) is 7.35. The minimum absolute atomic E-state index is 0.276. The van der Waals surface area contributed by atoms with Gasteiger partial charge >= 0.3 is 0 Å². The maximum absolute atomic E-state index is 12.1. The van der Waals surface area contributed by atoms with Crippen LogP contribution in [0.4, 0.5) is 0 Å². The SMILES string of the molecule is C=C1C(=O)C(O)[C@H](O)CC1=CC=C1CCC[C@@]2(C)C1CC[C@@H]2[C@H](C)CCCC(C)(C)O. The molecule has 0 radical (unpaired) electrons. The topological polar surface area (TPSA) is 77.8 Å². The fraction of sp³-hybridized carbons (Fsp3) is 0.741. The quantitative estimate of drug-likeness (QED) is 0.525. The monoisotopic (exact) mass is 430 g/mol. The van der Waals surface area contributed by atoms with Crippen molar-refractivity contribution in [2.75, 3.05) is 0 Å². The second-order valence-corrected chi connectivity index (χ2v) is 11.3. The molecule has 0 spiro atoms. The Balaban J connectivity index is 1.72. The zero-order valence-corrected chi connectivity index (χ0v) is 19.9. The third-order valence-corrected chi connectivity index (χ3v) is 8.42. The van der Waals surface area contributed by atoms with Crippen LogP contribution in [-0.2, 0) is 4.79 Å². The summed E-state index contributed by atoms with van der Waals surface area (Å²) in [4.78, 5) is 12.1. The first-order chi connectivity index (χ1) is 14.4. The minimum atomic E-state index is -1.34. The lowest BCUT2D eigenvalue weighted by atomic mass is 9.60. The van der Waals surface area contributed by atoms with Gasteiger partial charge in [0.2, 0.25) is 0 Å². The number of fused-ring (bicyclic) bond motifs is 1. The summed E-state index contributed by atoms with van der Waals surface area (Å²) in [5.41, 5.74) is 2.28. The van der Waals surface area contributed by atoms with Gasteiger partial charge in [0.1, 0.15) is 6.10 Å². The first kappa shape index (κ1) is 24.4. The van der Waals surface area contributed by atoms with Gasteiger partial charge in [-0.15, -0.1) is 0 Å². The van der Waals surface area contributed by atoms with Gasteiger partial charge < -0.3 is 15.3 Å². The molecule has 4 heteroatoms. The van der Waals surface area contributed by atoms with E-state index in [4.69, 9.17) is 0 Å². The Morgan fingerprint density at radius 3 is 2.65 bits per heavy atom. The number of rotatable bonds is 6. The zero-order valence-electron chi connectivity index (χ0n) is 19.9. The molecule has 3 saturated carbocycles. The summed E-state index contributed by atoms with van der Waals surface area (Å²) in [7, 11) is 0. The third-order valence-electron chi connectivity index (χ3n) is 8.42. The molecule has 174 valence electrons. The minimum Gasteiger partial charge on any atom is -0.390 e. The summed E-state index contributed by atoms with van der Waals surface area (Å²) in [6, 6.07) is 0. The molecule has 3 rings (SSSR count). The van der Waals surface area contributed by atoms with E-state index in [1.165, 1.54) is 37.7 Å². The van der Waals surface area contributed by atoms with Crippen LogP contribution in [0.5, 0.6) is 0 Å². The molecule has 0 aromatic rings. The van der Waals surface area contributed by atoms with E-state index < -0.39 is 23.6 Å². The van der Waals surface area contributed by atoms with Gasteiger partial charge in [-0.3, -0.25) is 4.79 Å². The lowest BCUT2D eigenvalue weighted by Gasteiger charge is -2.44. The normalized spacial score (nSPS) is 38.0. The van der Waals surface area contributed by atoms with Crippen molar-refractivity contribution in [1.82, 2.24) is 0 Å². The zero-order chi connectivity index (χ0) is 23.0. The van der Waals surface area contributed by atoms with Crippen molar-refractivity contribution in [2.24, 2.45) is 23.2 Å². The van der Waals surface area contributed by atoms with Crippen molar-refractivity contribution in [3.8, 4) is 0 Å². The molecule has 0 heterocycles. The molecule has 3 fully saturated rings. The van der Waals surface area contributed by atoms with Gasteiger partial charge in [0.15, 0.2) is 5.78 Å². The molecule has 6 atom stereocenters. The Bertz CT molecular complexity index is 756. The summed E-state index contributed by atoms with van der Waals surface area (Å²) in [5, 5.41) is 29.8. The Hall–Kier alpha value is -1.23. The van der Waals surface area contributed by atoms with E-state index in [1.54, 1.807) is 0 Å². The van der Waals surface area contributed by atoms with Crippen LogP contribution >= 0.6 is 0 Å². The lowest BCUT2D eigenvalue weighted by molar-refractivity contribution is -0.130. The van der Waals surface area contributed by atoms with Gasteiger partial charge in [-0.05, 0) is 81.1 Å². The van der Waals surface area contributed by atoms with Gasteiger partial charge in [0.05, 0.1) is 11.7 Å². The van der Waals surface area contributed by atoms with Crippen molar-refractivity contribution >= 4 is 5.78 Å². The smallest absolute Gasteiger partial charge is 0.193 e. The van der Waals surface area contributed by atoms with Crippen molar-refractivity contribution in [3.05, 3.63) is 35.5 Å². The largest absolute Gasteiger partial charge is 0.390 e. The Labute approximate surface area is 188 Å². The van der Waals surface area contributed by atoms with E-state index in [9.17, 15) is 20.1 Å². The van der Waals surface area contributed by atoms with Crippen LogP contribution in [0.25, 0.3) is 0 Å². The number of carbonyl (C=O) groups excluding carboxylic acids is 1.